The van der Waals surface area contributed by atoms with Gasteiger partial charge in [0.1, 0.15) is 0 Å². The second-order valence-corrected chi connectivity index (χ2v) is 2.01. The van der Waals surface area contributed by atoms with E-state index in [0.717, 1.165) is 5.69 Å². The van der Waals surface area contributed by atoms with Crippen molar-refractivity contribution in [3.8, 4) is 0 Å². The summed E-state index contributed by atoms with van der Waals surface area (Å²) >= 11 is 0. The number of nitrogens with zero attached hydrogens (tertiary/aromatic N) is 1. The van der Waals surface area contributed by atoms with Crippen LogP contribution in [0.1, 0.15) is 1.43 Å². The smallest absolute Gasteiger partial charge is 0.187 e. The maximum atomic E-state index is 6.70. The van der Waals surface area contributed by atoms with E-state index in [4.69, 9.17) is 6.57 Å². The molecule has 0 aromatic heterocycles. The molecule has 3 heteroatoms. The van der Waals surface area contributed by atoms with E-state index in [9.17, 15) is 0 Å². The number of hydrogen-bond acceptors (Lipinski definition) is 1. The predicted molar refractivity (Wildman–Crippen MR) is 45.7 cm³/mol. The Bertz CT molecular complexity index is 263. The molecule has 1 aromatic rings. The molecule has 3 nitrogen and oxygen atoms in total. The number of rotatable bonds is 2. The molecule has 1 aromatic carbocycles. The molecule has 0 heterocycles. The quantitative estimate of drug-likeness (QED) is 0.369. The number of nitrogens with two attached hydrogens (primary N) is 1. The van der Waals surface area contributed by atoms with E-state index in [-0.39, 0.29) is 1.43 Å². The fourth-order valence-corrected chi connectivity index (χ4v) is 0.750. The summed E-state index contributed by atoms with van der Waals surface area (Å²) in [4.78, 5) is 3.27. The van der Waals surface area contributed by atoms with Crippen molar-refractivity contribution < 1.29 is 6.85 Å². The van der Waals surface area contributed by atoms with Crippen molar-refractivity contribution in [3.05, 3.63) is 42.7 Å². The third kappa shape index (κ3) is 1.95. The molecule has 0 bridgehead atoms. The standard InChI is InChI=1S/C8H9N3.H2/c1-9-7-3-5-8(6-4-7)11-10-2;/h3-6,11H,2,10H2;1H. The van der Waals surface area contributed by atoms with Crippen LogP contribution < -0.4 is 10.9 Å². The molecule has 0 aliphatic rings. The number of hydrogen-bond donors (Lipinski definition) is 2. The Morgan fingerprint density at radius 3 is 2.55 bits per heavy atom. The highest BCUT2D eigenvalue weighted by atomic mass is 15.3. The second kappa shape index (κ2) is 3.59. The van der Waals surface area contributed by atoms with Crippen LogP contribution in [0.3, 0.4) is 0 Å². The van der Waals surface area contributed by atoms with Crippen LogP contribution in [-0.4, -0.2) is 0 Å². The van der Waals surface area contributed by atoms with Gasteiger partial charge in [-0.05, 0) is 12.1 Å². The first-order valence-electron chi connectivity index (χ1n) is 3.22. The number of benzene rings is 1. The fourth-order valence-electron chi connectivity index (χ4n) is 0.750. The summed E-state index contributed by atoms with van der Waals surface area (Å²) in [6, 6.07) is 7.21. The van der Waals surface area contributed by atoms with Crippen molar-refractivity contribution in [3.63, 3.8) is 0 Å². The summed E-state index contributed by atoms with van der Waals surface area (Å²) in [5.74, 6) is 0. The summed E-state index contributed by atoms with van der Waals surface area (Å²) < 4.78 is 0. The van der Waals surface area contributed by atoms with Crippen LogP contribution in [0, 0.1) is 13.6 Å². The minimum atomic E-state index is 0. The molecule has 0 amide bonds. The summed E-state index contributed by atoms with van der Waals surface area (Å²) in [6.07, 6.45) is 0. The van der Waals surface area contributed by atoms with Crippen molar-refractivity contribution in [2.45, 2.75) is 0 Å². The van der Waals surface area contributed by atoms with Crippen LogP contribution in [0.15, 0.2) is 24.3 Å². The minimum absolute atomic E-state index is 0. The molecular weight excluding hydrogens is 138 g/mol. The van der Waals surface area contributed by atoms with E-state index in [1.165, 1.54) is 0 Å². The van der Waals surface area contributed by atoms with Crippen molar-refractivity contribution in [1.29, 1.82) is 0 Å². The SMILES string of the molecule is [C-]#[N+]c1ccc(N[NH2+][CH2-])cc1.[HH]. The average molecular weight is 149 g/mol. The van der Waals surface area contributed by atoms with Crippen LogP contribution >= 0.6 is 0 Å². The Hall–Kier alpha value is -1.53. The second-order valence-electron chi connectivity index (χ2n) is 2.01. The molecule has 58 valence electrons. The van der Waals surface area contributed by atoms with Gasteiger partial charge in [-0.15, -0.1) is 7.05 Å². The minimum Gasteiger partial charge on any atom is -0.375 e. The number of nitrogen functional groups attached to an aromatic ring is 1. The van der Waals surface area contributed by atoms with Gasteiger partial charge in [0.15, 0.2) is 5.69 Å². The zero-order valence-electron chi connectivity index (χ0n) is 6.04. The first-order chi connectivity index (χ1) is 5.36. The summed E-state index contributed by atoms with van der Waals surface area (Å²) in [5, 5.41) is 0. The highest BCUT2D eigenvalue weighted by molar-refractivity contribution is 5.52. The molecule has 0 unspecified atom stereocenters. The Kier molecular flexibility index (Phi) is 2.47. The largest absolute Gasteiger partial charge is 0.375 e. The molecule has 0 aliphatic carbocycles. The monoisotopic (exact) mass is 149 g/mol. The van der Waals surface area contributed by atoms with Gasteiger partial charge in [-0.1, -0.05) is 12.1 Å². The lowest BCUT2D eigenvalue weighted by Gasteiger charge is -2.02. The van der Waals surface area contributed by atoms with Gasteiger partial charge < -0.3 is 5.43 Å². The van der Waals surface area contributed by atoms with Gasteiger partial charge in [-0.3, -0.25) is 5.43 Å². The van der Waals surface area contributed by atoms with Crippen molar-refractivity contribution in [1.82, 2.24) is 0 Å². The van der Waals surface area contributed by atoms with Gasteiger partial charge in [0.05, 0.1) is 12.3 Å². The van der Waals surface area contributed by atoms with Crippen LogP contribution in [-0.2, 0) is 0 Å². The third-order valence-electron chi connectivity index (χ3n) is 1.27. The normalized spacial score (nSPS) is 8.73. The van der Waals surface area contributed by atoms with E-state index in [2.05, 4.69) is 17.3 Å². The Labute approximate surface area is 67.3 Å². The van der Waals surface area contributed by atoms with Gasteiger partial charge in [0.2, 0.25) is 0 Å². The van der Waals surface area contributed by atoms with Gasteiger partial charge in [-0.25, -0.2) is 4.85 Å². The van der Waals surface area contributed by atoms with E-state index in [1.807, 2.05) is 12.1 Å². The lowest BCUT2D eigenvalue weighted by molar-refractivity contribution is -0.563. The fraction of sp³-hybridized carbons (Fsp3) is 0. The highest BCUT2D eigenvalue weighted by Gasteiger charge is 1.90. The predicted octanol–water partition coefficient (Wildman–Crippen LogP) is 1.17. The van der Waals surface area contributed by atoms with Crippen molar-refractivity contribution in [2.75, 3.05) is 5.43 Å². The van der Waals surface area contributed by atoms with E-state index in [1.54, 1.807) is 17.6 Å². The molecule has 0 spiro atoms. The first-order valence-corrected chi connectivity index (χ1v) is 3.22. The Morgan fingerprint density at radius 1 is 1.45 bits per heavy atom. The topological polar surface area (TPSA) is 33.0 Å². The van der Waals surface area contributed by atoms with Gasteiger partial charge >= 0.3 is 0 Å². The zero-order valence-corrected chi connectivity index (χ0v) is 6.04. The van der Waals surface area contributed by atoms with E-state index < -0.39 is 0 Å². The van der Waals surface area contributed by atoms with Gasteiger partial charge in [0, 0.05) is 1.43 Å². The van der Waals surface area contributed by atoms with Gasteiger partial charge in [-0.2, -0.15) is 0 Å². The maximum absolute atomic E-state index is 6.70. The van der Waals surface area contributed by atoms with E-state index in [0.29, 0.717) is 5.69 Å². The molecule has 0 aliphatic heterocycles. The van der Waals surface area contributed by atoms with Crippen LogP contribution in [0.25, 0.3) is 4.85 Å². The Balaban J connectivity index is 0.00000121. The van der Waals surface area contributed by atoms with Crippen LogP contribution in [0.5, 0.6) is 0 Å². The zero-order chi connectivity index (χ0) is 8.10. The molecular formula is C8H11N3. The van der Waals surface area contributed by atoms with Crippen LogP contribution in [0.2, 0.25) is 0 Å². The molecule has 0 atom stereocenters. The van der Waals surface area contributed by atoms with Crippen molar-refractivity contribution in [2.24, 2.45) is 0 Å². The van der Waals surface area contributed by atoms with E-state index >= 15 is 0 Å². The molecule has 11 heavy (non-hydrogen) atoms. The summed E-state index contributed by atoms with van der Waals surface area (Å²) in [5.41, 5.74) is 6.13. The van der Waals surface area contributed by atoms with Crippen molar-refractivity contribution >= 4 is 11.4 Å². The molecule has 0 radical (unpaired) electrons. The Morgan fingerprint density at radius 2 is 2.09 bits per heavy atom. The highest BCUT2D eigenvalue weighted by Crippen LogP contribution is 2.14. The molecule has 0 fully saturated rings. The maximum Gasteiger partial charge on any atom is 0.187 e. The number of anilines is 1. The number of nitrogens with one attached hydrogen (secondary N) is 1. The number of quaternary nitrogens is 1. The molecule has 0 saturated heterocycles. The van der Waals surface area contributed by atoms with Gasteiger partial charge in [0.25, 0.3) is 0 Å². The summed E-state index contributed by atoms with van der Waals surface area (Å²) in [7, 11) is 3.53. The lowest BCUT2D eigenvalue weighted by Crippen LogP contribution is -2.81. The average Bonchev–Trinajstić information content (AvgIpc) is 2.07. The third-order valence-corrected chi connectivity index (χ3v) is 1.27. The lowest BCUT2D eigenvalue weighted by atomic mass is 10.3. The molecule has 1 rings (SSSR count). The molecule has 3 N–H and O–H groups in total. The van der Waals surface area contributed by atoms with Crippen LogP contribution in [0.4, 0.5) is 11.4 Å². The summed E-state index contributed by atoms with van der Waals surface area (Å²) in [6.45, 7) is 6.70. The molecule has 0 saturated carbocycles. The first kappa shape index (κ1) is 7.58.